The maximum absolute atomic E-state index is 11.6. The minimum atomic E-state index is -1.08. The first-order valence-electron chi connectivity index (χ1n) is 5.63. The lowest BCUT2D eigenvalue weighted by Gasteiger charge is -1.98. The summed E-state index contributed by atoms with van der Waals surface area (Å²) in [5, 5.41) is 13.2. The van der Waals surface area contributed by atoms with Crippen molar-refractivity contribution in [3.63, 3.8) is 0 Å². The van der Waals surface area contributed by atoms with E-state index in [1.54, 1.807) is 5.38 Å². The van der Waals surface area contributed by atoms with Crippen LogP contribution in [0.2, 0.25) is 0 Å². The molecular formula is C13H12N2O3S. The Balaban J connectivity index is 1.99. The van der Waals surface area contributed by atoms with E-state index in [1.807, 2.05) is 30.3 Å². The predicted molar refractivity (Wildman–Crippen MR) is 71.3 cm³/mol. The molecule has 0 unspecified atom stereocenters. The van der Waals surface area contributed by atoms with Crippen LogP contribution in [0, 0.1) is 0 Å². The molecule has 2 aromatic rings. The van der Waals surface area contributed by atoms with Crippen molar-refractivity contribution >= 4 is 23.2 Å². The van der Waals surface area contributed by atoms with Crippen molar-refractivity contribution < 1.29 is 14.7 Å². The van der Waals surface area contributed by atoms with Crippen molar-refractivity contribution in [3.05, 3.63) is 52.0 Å². The van der Waals surface area contributed by atoms with Gasteiger partial charge in [0.2, 0.25) is 0 Å². The third-order valence-electron chi connectivity index (χ3n) is 2.38. The molecule has 0 aliphatic carbocycles. The Kier molecular flexibility index (Phi) is 4.25. The first kappa shape index (κ1) is 13.2. The van der Waals surface area contributed by atoms with E-state index in [-0.39, 0.29) is 5.69 Å². The van der Waals surface area contributed by atoms with Crippen LogP contribution in [0.5, 0.6) is 0 Å². The summed E-state index contributed by atoms with van der Waals surface area (Å²) in [7, 11) is 0. The van der Waals surface area contributed by atoms with Crippen LogP contribution >= 0.6 is 11.3 Å². The molecule has 0 saturated carbocycles. The number of carbonyl (C=O) groups excluding carboxylic acids is 1. The number of carboxylic acid groups (broad SMARTS) is 1. The first-order valence-corrected chi connectivity index (χ1v) is 6.51. The van der Waals surface area contributed by atoms with E-state index in [9.17, 15) is 9.59 Å². The molecular weight excluding hydrogens is 264 g/mol. The molecule has 1 aromatic heterocycles. The molecule has 0 aliphatic rings. The molecule has 2 rings (SSSR count). The highest BCUT2D eigenvalue weighted by Gasteiger charge is 2.11. The summed E-state index contributed by atoms with van der Waals surface area (Å²) < 4.78 is 0. The smallest absolute Gasteiger partial charge is 0.322 e. The normalized spacial score (nSPS) is 10.1. The average molecular weight is 276 g/mol. The fourth-order valence-electron chi connectivity index (χ4n) is 1.51. The zero-order valence-corrected chi connectivity index (χ0v) is 10.8. The Morgan fingerprint density at radius 3 is 2.68 bits per heavy atom. The molecule has 1 amide bonds. The van der Waals surface area contributed by atoms with Crippen molar-refractivity contribution in [2.45, 2.75) is 6.42 Å². The predicted octanol–water partition coefficient (Wildman–Crippen LogP) is 1.55. The number of benzene rings is 1. The Labute approximate surface area is 113 Å². The molecule has 2 N–H and O–H groups in total. The van der Waals surface area contributed by atoms with E-state index in [4.69, 9.17) is 5.11 Å². The number of nitrogens with one attached hydrogen (secondary N) is 1. The average Bonchev–Trinajstić information content (AvgIpc) is 2.85. The van der Waals surface area contributed by atoms with Gasteiger partial charge in [-0.15, -0.1) is 11.3 Å². The lowest BCUT2D eigenvalue weighted by molar-refractivity contribution is -0.135. The van der Waals surface area contributed by atoms with Gasteiger partial charge in [0, 0.05) is 11.8 Å². The molecule has 0 saturated heterocycles. The maximum atomic E-state index is 11.6. The Bertz CT molecular complexity index is 581. The van der Waals surface area contributed by atoms with E-state index < -0.39 is 18.4 Å². The van der Waals surface area contributed by atoms with Crippen LogP contribution in [-0.2, 0) is 11.2 Å². The zero-order valence-electron chi connectivity index (χ0n) is 10.00. The van der Waals surface area contributed by atoms with Crippen LogP contribution in [0.15, 0.2) is 35.7 Å². The number of thiazole rings is 1. The SMILES string of the molecule is O=C(O)CNC(=O)c1csc(Cc2ccccc2)n1. The van der Waals surface area contributed by atoms with Gasteiger partial charge >= 0.3 is 5.97 Å². The van der Waals surface area contributed by atoms with Crippen LogP contribution in [0.1, 0.15) is 21.1 Å². The highest BCUT2D eigenvalue weighted by molar-refractivity contribution is 7.09. The molecule has 0 atom stereocenters. The molecule has 5 nitrogen and oxygen atoms in total. The van der Waals surface area contributed by atoms with E-state index in [0.29, 0.717) is 6.42 Å². The van der Waals surface area contributed by atoms with Gasteiger partial charge < -0.3 is 10.4 Å². The second-order valence-corrected chi connectivity index (χ2v) is 4.81. The van der Waals surface area contributed by atoms with Crippen LogP contribution in [0.3, 0.4) is 0 Å². The monoisotopic (exact) mass is 276 g/mol. The molecule has 98 valence electrons. The number of aliphatic carboxylic acids is 1. The summed E-state index contributed by atoms with van der Waals surface area (Å²) in [6, 6.07) is 9.82. The third-order valence-corrected chi connectivity index (χ3v) is 3.23. The van der Waals surface area contributed by atoms with Gasteiger partial charge in [-0.3, -0.25) is 9.59 Å². The summed E-state index contributed by atoms with van der Waals surface area (Å²) in [4.78, 5) is 26.1. The van der Waals surface area contributed by atoms with Gasteiger partial charge in [-0.05, 0) is 5.56 Å². The molecule has 0 bridgehead atoms. The van der Waals surface area contributed by atoms with Crippen molar-refractivity contribution in [1.29, 1.82) is 0 Å². The molecule has 1 heterocycles. The number of carbonyl (C=O) groups is 2. The number of aromatic nitrogens is 1. The van der Waals surface area contributed by atoms with Gasteiger partial charge in [0.15, 0.2) is 0 Å². The van der Waals surface area contributed by atoms with Crippen LogP contribution in [0.25, 0.3) is 0 Å². The Morgan fingerprint density at radius 1 is 1.26 bits per heavy atom. The fourth-order valence-corrected chi connectivity index (χ4v) is 2.32. The van der Waals surface area contributed by atoms with Gasteiger partial charge in [-0.2, -0.15) is 0 Å². The molecule has 19 heavy (non-hydrogen) atoms. The van der Waals surface area contributed by atoms with Crippen LogP contribution in [0.4, 0.5) is 0 Å². The quantitative estimate of drug-likeness (QED) is 0.868. The van der Waals surface area contributed by atoms with E-state index in [0.717, 1.165) is 10.6 Å². The van der Waals surface area contributed by atoms with Gasteiger partial charge in [0.25, 0.3) is 5.91 Å². The number of carboxylic acids is 1. The summed E-state index contributed by atoms with van der Waals surface area (Å²) in [5.74, 6) is -1.54. The summed E-state index contributed by atoms with van der Waals surface area (Å²) in [6.45, 7) is -0.398. The number of amides is 1. The minimum absolute atomic E-state index is 0.261. The Morgan fingerprint density at radius 2 is 2.00 bits per heavy atom. The van der Waals surface area contributed by atoms with Gasteiger partial charge in [-0.25, -0.2) is 4.98 Å². The molecule has 0 spiro atoms. The van der Waals surface area contributed by atoms with E-state index in [2.05, 4.69) is 10.3 Å². The fraction of sp³-hybridized carbons (Fsp3) is 0.154. The molecule has 0 fully saturated rings. The number of nitrogens with zero attached hydrogens (tertiary/aromatic N) is 1. The minimum Gasteiger partial charge on any atom is -0.480 e. The largest absolute Gasteiger partial charge is 0.480 e. The van der Waals surface area contributed by atoms with Crippen molar-refractivity contribution in [2.24, 2.45) is 0 Å². The lowest BCUT2D eigenvalue weighted by atomic mass is 10.2. The second kappa shape index (κ2) is 6.10. The maximum Gasteiger partial charge on any atom is 0.322 e. The standard InChI is InChI=1S/C13H12N2O3S/c16-12(17)7-14-13(18)10-8-19-11(15-10)6-9-4-2-1-3-5-9/h1-5,8H,6-7H2,(H,14,18)(H,16,17). The first-order chi connectivity index (χ1) is 9.15. The highest BCUT2D eigenvalue weighted by atomic mass is 32.1. The van der Waals surface area contributed by atoms with E-state index >= 15 is 0 Å². The topological polar surface area (TPSA) is 79.3 Å². The van der Waals surface area contributed by atoms with Crippen molar-refractivity contribution in [2.75, 3.05) is 6.54 Å². The molecule has 1 aromatic carbocycles. The number of rotatable bonds is 5. The second-order valence-electron chi connectivity index (χ2n) is 3.87. The molecule has 0 radical (unpaired) electrons. The Hall–Kier alpha value is -2.21. The van der Waals surface area contributed by atoms with E-state index in [1.165, 1.54) is 11.3 Å². The summed E-state index contributed by atoms with van der Waals surface area (Å²) in [6.07, 6.45) is 0.664. The van der Waals surface area contributed by atoms with Crippen LogP contribution < -0.4 is 5.32 Å². The van der Waals surface area contributed by atoms with Gasteiger partial charge in [0.1, 0.15) is 12.2 Å². The van der Waals surface area contributed by atoms with Gasteiger partial charge in [-0.1, -0.05) is 30.3 Å². The number of hydrogen-bond acceptors (Lipinski definition) is 4. The summed E-state index contributed by atoms with van der Waals surface area (Å²) in [5.41, 5.74) is 1.38. The van der Waals surface area contributed by atoms with Crippen molar-refractivity contribution in [3.8, 4) is 0 Å². The van der Waals surface area contributed by atoms with Crippen LogP contribution in [-0.4, -0.2) is 28.5 Å². The molecule has 0 aliphatic heterocycles. The zero-order chi connectivity index (χ0) is 13.7. The molecule has 6 heteroatoms. The lowest BCUT2D eigenvalue weighted by Crippen LogP contribution is -2.29. The van der Waals surface area contributed by atoms with Crippen molar-refractivity contribution in [1.82, 2.24) is 10.3 Å². The van der Waals surface area contributed by atoms with Gasteiger partial charge in [0.05, 0.1) is 5.01 Å². The number of hydrogen-bond donors (Lipinski definition) is 2. The summed E-state index contributed by atoms with van der Waals surface area (Å²) >= 11 is 1.39. The highest BCUT2D eigenvalue weighted by Crippen LogP contribution is 2.14. The third kappa shape index (κ3) is 3.89.